The van der Waals surface area contributed by atoms with Crippen LogP contribution < -0.4 is 4.74 Å². The zero-order valence-electron chi connectivity index (χ0n) is 8.11. The van der Waals surface area contributed by atoms with Crippen LogP contribution in [0.3, 0.4) is 0 Å². The maximum atomic E-state index is 9.69. The number of phenolic OH excluding ortho intramolecular Hbond substituents is 1. The van der Waals surface area contributed by atoms with Gasteiger partial charge in [0.1, 0.15) is 5.75 Å². The number of aromatic hydroxyl groups is 1. The van der Waals surface area contributed by atoms with Crippen LogP contribution in [-0.2, 0) is 0 Å². The van der Waals surface area contributed by atoms with Crippen LogP contribution in [0.1, 0.15) is 5.56 Å². The Morgan fingerprint density at radius 1 is 1.36 bits per heavy atom. The van der Waals surface area contributed by atoms with Crippen LogP contribution >= 0.6 is 0 Å². The standard InChI is InChI=1S/C11H11NO2/c1-7-6-12-11(14-2)10-8(7)4-3-5-9(10)13/h3-6,13H,1-2H3. The minimum Gasteiger partial charge on any atom is -0.507 e. The summed E-state index contributed by atoms with van der Waals surface area (Å²) in [5.41, 5.74) is 1.02. The number of methoxy groups -OCH3 is 1. The zero-order chi connectivity index (χ0) is 10.1. The van der Waals surface area contributed by atoms with Crippen LogP contribution in [-0.4, -0.2) is 17.2 Å². The molecular formula is C11H11NO2. The van der Waals surface area contributed by atoms with Crippen molar-refractivity contribution < 1.29 is 9.84 Å². The summed E-state index contributed by atoms with van der Waals surface area (Å²) >= 11 is 0. The van der Waals surface area contributed by atoms with E-state index >= 15 is 0 Å². The van der Waals surface area contributed by atoms with Crippen LogP contribution in [0.5, 0.6) is 11.6 Å². The summed E-state index contributed by atoms with van der Waals surface area (Å²) in [5, 5.41) is 11.3. The Hall–Kier alpha value is -1.77. The van der Waals surface area contributed by atoms with Crippen LogP contribution in [0.4, 0.5) is 0 Å². The SMILES string of the molecule is COc1ncc(C)c2cccc(O)c12. The molecule has 1 N–H and O–H groups in total. The summed E-state index contributed by atoms with van der Waals surface area (Å²) in [6.07, 6.45) is 1.74. The Morgan fingerprint density at radius 3 is 2.86 bits per heavy atom. The molecule has 0 aliphatic heterocycles. The Kier molecular flexibility index (Phi) is 2.00. The highest BCUT2D eigenvalue weighted by Crippen LogP contribution is 2.32. The smallest absolute Gasteiger partial charge is 0.224 e. The number of hydrogen-bond acceptors (Lipinski definition) is 3. The molecule has 0 atom stereocenters. The van der Waals surface area contributed by atoms with Crippen molar-refractivity contribution in [1.29, 1.82) is 0 Å². The lowest BCUT2D eigenvalue weighted by Gasteiger charge is -2.07. The molecular weight excluding hydrogens is 178 g/mol. The van der Waals surface area contributed by atoms with E-state index in [0.717, 1.165) is 10.9 Å². The lowest BCUT2D eigenvalue weighted by molar-refractivity contribution is 0.400. The zero-order valence-corrected chi connectivity index (χ0v) is 8.11. The number of nitrogens with zero attached hydrogens (tertiary/aromatic N) is 1. The van der Waals surface area contributed by atoms with Gasteiger partial charge in [0.25, 0.3) is 0 Å². The molecule has 1 heterocycles. The molecule has 3 nitrogen and oxygen atoms in total. The predicted molar refractivity (Wildman–Crippen MR) is 54.7 cm³/mol. The van der Waals surface area contributed by atoms with E-state index in [1.807, 2.05) is 19.1 Å². The van der Waals surface area contributed by atoms with Crippen molar-refractivity contribution in [2.75, 3.05) is 7.11 Å². The van der Waals surface area contributed by atoms with Gasteiger partial charge in [0.15, 0.2) is 0 Å². The summed E-state index contributed by atoms with van der Waals surface area (Å²) in [7, 11) is 1.55. The second-order valence-electron chi connectivity index (χ2n) is 3.15. The average Bonchev–Trinajstić information content (AvgIpc) is 2.20. The molecule has 0 amide bonds. The van der Waals surface area contributed by atoms with Gasteiger partial charge in [-0.3, -0.25) is 0 Å². The molecule has 1 aromatic heterocycles. The number of aromatic nitrogens is 1. The lowest BCUT2D eigenvalue weighted by Crippen LogP contribution is -1.91. The molecule has 72 valence electrons. The van der Waals surface area contributed by atoms with Crippen molar-refractivity contribution in [3.8, 4) is 11.6 Å². The summed E-state index contributed by atoms with van der Waals surface area (Å²) in [6.45, 7) is 1.95. The van der Waals surface area contributed by atoms with Crippen molar-refractivity contribution >= 4 is 10.8 Å². The minimum absolute atomic E-state index is 0.204. The largest absolute Gasteiger partial charge is 0.507 e. The van der Waals surface area contributed by atoms with Crippen molar-refractivity contribution in [1.82, 2.24) is 4.98 Å². The lowest BCUT2D eigenvalue weighted by atomic mass is 10.1. The van der Waals surface area contributed by atoms with Gasteiger partial charge in [0.2, 0.25) is 5.88 Å². The minimum atomic E-state index is 0.204. The molecule has 0 saturated carbocycles. The fraction of sp³-hybridized carbons (Fsp3) is 0.182. The van der Waals surface area contributed by atoms with Crippen LogP contribution in [0.25, 0.3) is 10.8 Å². The first kappa shape index (κ1) is 8.81. The number of phenols is 1. The quantitative estimate of drug-likeness (QED) is 0.748. The van der Waals surface area contributed by atoms with Crippen molar-refractivity contribution in [2.24, 2.45) is 0 Å². The number of ether oxygens (including phenoxy) is 1. The third-order valence-corrected chi connectivity index (χ3v) is 2.25. The highest BCUT2D eigenvalue weighted by atomic mass is 16.5. The van der Waals surface area contributed by atoms with E-state index in [1.165, 1.54) is 0 Å². The van der Waals surface area contributed by atoms with E-state index in [-0.39, 0.29) is 5.75 Å². The third kappa shape index (κ3) is 1.18. The Labute approximate surface area is 82.0 Å². The van der Waals surface area contributed by atoms with E-state index in [9.17, 15) is 5.11 Å². The fourth-order valence-electron chi connectivity index (χ4n) is 1.54. The van der Waals surface area contributed by atoms with Gasteiger partial charge in [-0.05, 0) is 23.9 Å². The molecule has 0 fully saturated rings. The average molecular weight is 189 g/mol. The number of aryl methyl sites for hydroxylation is 1. The number of rotatable bonds is 1. The molecule has 2 rings (SSSR count). The first-order valence-electron chi connectivity index (χ1n) is 4.35. The number of hydrogen-bond donors (Lipinski definition) is 1. The van der Waals surface area contributed by atoms with Crippen molar-refractivity contribution in [2.45, 2.75) is 6.92 Å². The Morgan fingerprint density at radius 2 is 2.14 bits per heavy atom. The molecule has 1 aromatic carbocycles. The maximum absolute atomic E-state index is 9.69. The van der Waals surface area contributed by atoms with Gasteiger partial charge in [0, 0.05) is 6.20 Å². The maximum Gasteiger partial charge on any atom is 0.224 e. The second kappa shape index (κ2) is 3.18. The molecule has 14 heavy (non-hydrogen) atoms. The van der Waals surface area contributed by atoms with E-state index < -0.39 is 0 Å². The molecule has 0 unspecified atom stereocenters. The monoisotopic (exact) mass is 189 g/mol. The van der Waals surface area contributed by atoms with Gasteiger partial charge in [-0.1, -0.05) is 12.1 Å². The number of fused-ring (bicyclic) bond motifs is 1. The number of pyridine rings is 1. The predicted octanol–water partition coefficient (Wildman–Crippen LogP) is 2.26. The molecule has 2 aromatic rings. The van der Waals surface area contributed by atoms with Gasteiger partial charge < -0.3 is 9.84 Å². The normalized spacial score (nSPS) is 10.4. The van der Waals surface area contributed by atoms with Gasteiger partial charge >= 0.3 is 0 Å². The second-order valence-corrected chi connectivity index (χ2v) is 3.15. The first-order valence-corrected chi connectivity index (χ1v) is 4.35. The summed E-state index contributed by atoms with van der Waals surface area (Å²) in [4.78, 5) is 4.10. The van der Waals surface area contributed by atoms with E-state index in [0.29, 0.717) is 11.3 Å². The fourth-order valence-corrected chi connectivity index (χ4v) is 1.54. The molecule has 0 saturated heterocycles. The summed E-state index contributed by atoms with van der Waals surface area (Å²) < 4.78 is 5.09. The van der Waals surface area contributed by atoms with Gasteiger partial charge in [0.05, 0.1) is 12.5 Å². The molecule has 0 bridgehead atoms. The van der Waals surface area contributed by atoms with Gasteiger partial charge in [-0.15, -0.1) is 0 Å². The summed E-state index contributed by atoms with van der Waals surface area (Å²) in [6, 6.07) is 5.38. The highest BCUT2D eigenvalue weighted by molar-refractivity contribution is 5.94. The molecule has 0 aliphatic rings. The number of benzene rings is 1. The van der Waals surface area contributed by atoms with Crippen LogP contribution in [0.2, 0.25) is 0 Å². The third-order valence-electron chi connectivity index (χ3n) is 2.25. The van der Waals surface area contributed by atoms with Gasteiger partial charge in [-0.2, -0.15) is 0 Å². The van der Waals surface area contributed by atoms with Crippen molar-refractivity contribution in [3.63, 3.8) is 0 Å². The molecule has 0 aliphatic carbocycles. The molecule has 0 radical (unpaired) electrons. The van der Waals surface area contributed by atoms with E-state index in [1.54, 1.807) is 19.4 Å². The highest BCUT2D eigenvalue weighted by Gasteiger charge is 2.08. The first-order chi connectivity index (χ1) is 6.74. The van der Waals surface area contributed by atoms with Gasteiger partial charge in [-0.25, -0.2) is 4.98 Å². The Balaban J connectivity index is 2.92. The topological polar surface area (TPSA) is 42.4 Å². The van der Waals surface area contributed by atoms with Crippen molar-refractivity contribution in [3.05, 3.63) is 30.0 Å². The Bertz CT molecular complexity index is 480. The van der Waals surface area contributed by atoms with Crippen LogP contribution in [0.15, 0.2) is 24.4 Å². The molecule has 3 heteroatoms. The van der Waals surface area contributed by atoms with E-state index in [2.05, 4.69) is 4.98 Å². The molecule has 0 spiro atoms. The van der Waals surface area contributed by atoms with Crippen LogP contribution in [0, 0.1) is 6.92 Å². The summed E-state index contributed by atoms with van der Waals surface area (Å²) in [5.74, 6) is 0.666. The van der Waals surface area contributed by atoms with E-state index in [4.69, 9.17) is 4.74 Å².